The van der Waals surface area contributed by atoms with Crippen molar-refractivity contribution in [3.05, 3.63) is 35.9 Å². The third-order valence-corrected chi connectivity index (χ3v) is 5.97. The highest BCUT2D eigenvalue weighted by atomic mass is 127. The fourth-order valence-electron chi connectivity index (χ4n) is 4.32. The predicted octanol–water partition coefficient (Wildman–Crippen LogP) is 3.29. The molecule has 1 aromatic rings. The van der Waals surface area contributed by atoms with Gasteiger partial charge in [0.2, 0.25) is 0 Å². The molecular formula is C22H38IN5. The minimum absolute atomic E-state index is 0. The molecular weight excluding hydrogens is 461 g/mol. The summed E-state index contributed by atoms with van der Waals surface area (Å²) >= 11 is 0. The second-order valence-corrected chi connectivity index (χ2v) is 8.89. The highest BCUT2D eigenvalue weighted by Gasteiger charge is 2.31. The zero-order chi connectivity index (χ0) is 19.3. The Bertz CT molecular complexity index is 619. The molecule has 0 bridgehead atoms. The van der Waals surface area contributed by atoms with Crippen molar-refractivity contribution < 1.29 is 0 Å². The summed E-state index contributed by atoms with van der Waals surface area (Å²) in [5, 5.41) is 3.59. The van der Waals surface area contributed by atoms with Gasteiger partial charge in [0.05, 0.1) is 0 Å². The van der Waals surface area contributed by atoms with Crippen LogP contribution in [-0.4, -0.2) is 80.6 Å². The van der Waals surface area contributed by atoms with E-state index in [-0.39, 0.29) is 24.0 Å². The first-order valence-corrected chi connectivity index (χ1v) is 10.4. The van der Waals surface area contributed by atoms with Crippen LogP contribution in [0.25, 0.3) is 0 Å². The van der Waals surface area contributed by atoms with Gasteiger partial charge in [-0.25, -0.2) is 0 Å². The van der Waals surface area contributed by atoms with Crippen LogP contribution in [0, 0.1) is 5.41 Å². The molecule has 3 rings (SSSR count). The zero-order valence-electron chi connectivity index (χ0n) is 18.0. The summed E-state index contributed by atoms with van der Waals surface area (Å²) in [6.07, 6.45) is 2.39. The molecule has 158 valence electrons. The fraction of sp³-hybridized carbons (Fsp3) is 0.682. The zero-order valence-corrected chi connectivity index (χ0v) is 20.4. The first-order valence-electron chi connectivity index (χ1n) is 10.4. The Morgan fingerprint density at radius 3 is 2.57 bits per heavy atom. The number of hydrogen-bond acceptors (Lipinski definition) is 3. The predicted molar refractivity (Wildman–Crippen MR) is 130 cm³/mol. The van der Waals surface area contributed by atoms with E-state index >= 15 is 0 Å². The summed E-state index contributed by atoms with van der Waals surface area (Å²) in [7, 11) is 4.13. The van der Waals surface area contributed by atoms with Crippen LogP contribution in [0.1, 0.15) is 38.3 Å². The van der Waals surface area contributed by atoms with Gasteiger partial charge in [-0.2, -0.15) is 0 Å². The maximum Gasteiger partial charge on any atom is 0.193 e. The minimum Gasteiger partial charge on any atom is -0.356 e. The molecule has 0 radical (unpaired) electrons. The van der Waals surface area contributed by atoms with E-state index in [0.717, 1.165) is 58.2 Å². The van der Waals surface area contributed by atoms with Gasteiger partial charge in [-0.1, -0.05) is 44.2 Å². The summed E-state index contributed by atoms with van der Waals surface area (Å²) < 4.78 is 0. The van der Waals surface area contributed by atoms with Crippen molar-refractivity contribution in [3.8, 4) is 0 Å². The molecule has 2 fully saturated rings. The van der Waals surface area contributed by atoms with Crippen molar-refractivity contribution in [3.63, 3.8) is 0 Å². The van der Waals surface area contributed by atoms with Gasteiger partial charge in [-0.05, 0) is 30.9 Å². The Hall–Kier alpha value is -0.860. The number of nitrogens with zero attached hydrogens (tertiary/aromatic N) is 4. The van der Waals surface area contributed by atoms with Gasteiger partial charge < -0.3 is 15.1 Å². The monoisotopic (exact) mass is 499 g/mol. The van der Waals surface area contributed by atoms with Gasteiger partial charge in [0.1, 0.15) is 0 Å². The molecule has 28 heavy (non-hydrogen) atoms. The molecule has 2 heterocycles. The standard InChI is InChI=1S/C22H37N5.HI/c1-22(2)11-14-27(18-22)21(23-3)24-12-8-13-26-16-15-25(4)17-20(26)19-9-6-5-7-10-19;/h5-7,9-10,20H,8,11-18H2,1-4H3,(H,23,24);1H. The fourth-order valence-corrected chi connectivity index (χ4v) is 4.32. The Kier molecular flexibility index (Phi) is 9.02. The largest absolute Gasteiger partial charge is 0.356 e. The van der Waals surface area contributed by atoms with Gasteiger partial charge in [-0.15, -0.1) is 24.0 Å². The number of guanidine groups is 1. The highest BCUT2D eigenvalue weighted by molar-refractivity contribution is 14.0. The Morgan fingerprint density at radius 1 is 1.18 bits per heavy atom. The van der Waals surface area contributed by atoms with E-state index in [1.807, 2.05) is 7.05 Å². The molecule has 2 aliphatic heterocycles. The lowest BCUT2D eigenvalue weighted by Crippen LogP contribution is -2.47. The molecule has 1 N–H and O–H groups in total. The lowest BCUT2D eigenvalue weighted by Gasteiger charge is -2.40. The number of halogens is 1. The Morgan fingerprint density at radius 2 is 1.93 bits per heavy atom. The van der Waals surface area contributed by atoms with E-state index in [1.165, 1.54) is 12.0 Å². The normalized spacial score (nSPS) is 23.5. The maximum absolute atomic E-state index is 4.50. The summed E-state index contributed by atoms with van der Waals surface area (Å²) in [6, 6.07) is 11.5. The average molecular weight is 499 g/mol. The van der Waals surface area contributed by atoms with Crippen LogP contribution in [0.2, 0.25) is 0 Å². The van der Waals surface area contributed by atoms with Crippen LogP contribution in [0.5, 0.6) is 0 Å². The maximum atomic E-state index is 4.50. The summed E-state index contributed by atoms with van der Waals surface area (Å²) in [6.45, 7) is 12.4. The molecule has 2 saturated heterocycles. The number of benzene rings is 1. The van der Waals surface area contributed by atoms with Gasteiger partial charge in [-0.3, -0.25) is 9.89 Å². The molecule has 1 aromatic carbocycles. The van der Waals surface area contributed by atoms with Crippen molar-refractivity contribution in [2.45, 2.75) is 32.7 Å². The van der Waals surface area contributed by atoms with E-state index in [2.05, 4.69) is 76.2 Å². The highest BCUT2D eigenvalue weighted by Crippen LogP contribution is 2.28. The van der Waals surface area contributed by atoms with Crippen molar-refractivity contribution in [1.82, 2.24) is 20.0 Å². The SMILES string of the molecule is CN=C(NCCCN1CCN(C)CC1c1ccccc1)N1CCC(C)(C)C1.I. The van der Waals surface area contributed by atoms with Crippen LogP contribution >= 0.6 is 24.0 Å². The van der Waals surface area contributed by atoms with E-state index in [4.69, 9.17) is 0 Å². The summed E-state index contributed by atoms with van der Waals surface area (Å²) in [4.78, 5) is 12.0. The van der Waals surface area contributed by atoms with Gasteiger partial charge >= 0.3 is 0 Å². The van der Waals surface area contributed by atoms with Crippen LogP contribution in [0.3, 0.4) is 0 Å². The second kappa shape index (κ2) is 10.8. The third kappa shape index (κ3) is 6.32. The third-order valence-electron chi connectivity index (χ3n) is 5.97. The van der Waals surface area contributed by atoms with Gasteiger partial charge in [0, 0.05) is 58.9 Å². The number of rotatable bonds is 5. The van der Waals surface area contributed by atoms with Crippen LogP contribution in [0.4, 0.5) is 0 Å². The van der Waals surface area contributed by atoms with E-state index in [1.54, 1.807) is 0 Å². The van der Waals surface area contributed by atoms with Crippen molar-refractivity contribution in [2.75, 3.05) is 59.9 Å². The second-order valence-electron chi connectivity index (χ2n) is 8.89. The Labute approximate surface area is 188 Å². The summed E-state index contributed by atoms with van der Waals surface area (Å²) in [5.41, 5.74) is 1.84. The van der Waals surface area contributed by atoms with Crippen LogP contribution < -0.4 is 5.32 Å². The van der Waals surface area contributed by atoms with Gasteiger partial charge in [0.15, 0.2) is 5.96 Å². The van der Waals surface area contributed by atoms with E-state index in [9.17, 15) is 0 Å². The molecule has 6 heteroatoms. The first-order chi connectivity index (χ1) is 13.0. The lowest BCUT2D eigenvalue weighted by atomic mass is 9.93. The molecule has 0 spiro atoms. The molecule has 1 atom stereocenters. The number of likely N-dealkylation sites (tertiary alicyclic amines) is 1. The molecule has 0 aliphatic carbocycles. The first kappa shape index (κ1) is 23.4. The molecule has 1 unspecified atom stereocenters. The number of hydrogen-bond donors (Lipinski definition) is 1. The number of aliphatic imine (C=N–C) groups is 1. The molecule has 2 aliphatic rings. The van der Waals surface area contributed by atoms with Crippen molar-refractivity contribution in [1.29, 1.82) is 0 Å². The smallest absolute Gasteiger partial charge is 0.193 e. The molecule has 0 aromatic heterocycles. The summed E-state index contributed by atoms with van der Waals surface area (Å²) in [5.74, 6) is 1.07. The van der Waals surface area contributed by atoms with E-state index in [0.29, 0.717) is 11.5 Å². The quantitative estimate of drug-likeness (QED) is 0.292. The van der Waals surface area contributed by atoms with Crippen molar-refractivity contribution >= 4 is 29.9 Å². The van der Waals surface area contributed by atoms with E-state index < -0.39 is 0 Å². The van der Waals surface area contributed by atoms with Gasteiger partial charge in [0.25, 0.3) is 0 Å². The topological polar surface area (TPSA) is 34.1 Å². The Balaban J connectivity index is 0.00000280. The molecule has 0 amide bonds. The lowest BCUT2D eigenvalue weighted by molar-refractivity contribution is 0.0891. The number of nitrogens with one attached hydrogen (secondary N) is 1. The average Bonchev–Trinajstić information content (AvgIpc) is 3.03. The molecule has 5 nitrogen and oxygen atoms in total. The number of likely N-dealkylation sites (N-methyl/N-ethyl adjacent to an activating group) is 1. The van der Waals surface area contributed by atoms with Crippen LogP contribution in [-0.2, 0) is 0 Å². The molecule has 0 saturated carbocycles. The van der Waals surface area contributed by atoms with Crippen molar-refractivity contribution in [2.24, 2.45) is 10.4 Å². The minimum atomic E-state index is 0. The number of piperazine rings is 1. The van der Waals surface area contributed by atoms with Crippen LogP contribution in [0.15, 0.2) is 35.3 Å².